The Labute approximate surface area is 81.3 Å². The first-order valence-corrected chi connectivity index (χ1v) is 4.78. The third kappa shape index (κ3) is 2.12. The highest BCUT2D eigenvalue weighted by molar-refractivity contribution is 7.10. The molecule has 1 unspecified atom stereocenters. The smallest absolute Gasteiger partial charge is 0.233 e. The van der Waals surface area contributed by atoms with Gasteiger partial charge < -0.3 is 15.8 Å². The Morgan fingerprint density at radius 1 is 1.77 bits per heavy atom. The Kier molecular flexibility index (Phi) is 3.13. The van der Waals surface area contributed by atoms with Crippen LogP contribution < -0.4 is 5.73 Å². The van der Waals surface area contributed by atoms with Crippen molar-refractivity contribution < 1.29 is 5.21 Å². The molecule has 0 aromatic carbocycles. The normalized spacial score (nSPS) is 14.2. The van der Waals surface area contributed by atoms with E-state index in [9.17, 15) is 0 Å². The van der Waals surface area contributed by atoms with Crippen molar-refractivity contribution in [2.75, 3.05) is 7.05 Å². The van der Waals surface area contributed by atoms with Crippen LogP contribution in [0.5, 0.6) is 0 Å². The van der Waals surface area contributed by atoms with Crippen molar-refractivity contribution in [2.24, 2.45) is 10.9 Å². The van der Waals surface area contributed by atoms with E-state index in [1.54, 1.807) is 23.3 Å². The van der Waals surface area contributed by atoms with Crippen LogP contribution >= 0.6 is 11.3 Å². The van der Waals surface area contributed by atoms with Crippen molar-refractivity contribution in [3.63, 3.8) is 0 Å². The van der Waals surface area contributed by atoms with Gasteiger partial charge in [0.05, 0.1) is 6.04 Å². The first kappa shape index (κ1) is 9.85. The Morgan fingerprint density at radius 3 is 2.92 bits per heavy atom. The number of nitrogens with two attached hydrogens (primary N) is 1. The summed E-state index contributed by atoms with van der Waals surface area (Å²) in [5.41, 5.74) is 5.45. The first-order valence-electron chi connectivity index (χ1n) is 3.90. The molecular formula is C8H13N3OS. The molecule has 0 fully saturated rings. The zero-order valence-corrected chi connectivity index (χ0v) is 8.45. The molecular weight excluding hydrogens is 186 g/mol. The minimum Gasteiger partial charge on any atom is -0.408 e. The van der Waals surface area contributed by atoms with Gasteiger partial charge in [-0.05, 0) is 18.4 Å². The molecule has 1 atom stereocenters. The molecule has 0 radical (unpaired) electrons. The summed E-state index contributed by atoms with van der Waals surface area (Å²) in [6.07, 6.45) is 0. The van der Waals surface area contributed by atoms with Gasteiger partial charge in [-0.25, -0.2) is 0 Å². The van der Waals surface area contributed by atoms with Crippen LogP contribution in [-0.4, -0.2) is 23.1 Å². The average molecular weight is 199 g/mol. The molecule has 5 heteroatoms. The van der Waals surface area contributed by atoms with Crippen molar-refractivity contribution in [2.45, 2.75) is 13.0 Å². The van der Waals surface area contributed by atoms with E-state index in [1.165, 1.54) is 4.88 Å². The number of nitrogens with zero attached hydrogens (tertiary/aromatic N) is 2. The summed E-state index contributed by atoms with van der Waals surface area (Å²) in [5.74, 6) is 0.126. The molecule has 1 aromatic heterocycles. The summed E-state index contributed by atoms with van der Waals surface area (Å²) in [5, 5.41) is 13.4. The Balaban J connectivity index is 2.74. The van der Waals surface area contributed by atoms with Crippen LogP contribution in [0.3, 0.4) is 0 Å². The molecule has 1 aromatic rings. The van der Waals surface area contributed by atoms with Gasteiger partial charge in [0.25, 0.3) is 0 Å². The lowest BCUT2D eigenvalue weighted by Crippen LogP contribution is -2.35. The zero-order valence-electron chi connectivity index (χ0n) is 7.64. The molecule has 0 aliphatic carbocycles. The predicted molar refractivity (Wildman–Crippen MR) is 53.9 cm³/mol. The van der Waals surface area contributed by atoms with Gasteiger partial charge in [-0.2, -0.15) is 0 Å². The Morgan fingerprint density at radius 2 is 2.46 bits per heavy atom. The van der Waals surface area contributed by atoms with E-state index in [0.29, 0.717) is 0 Å². The molecule has 4 nitrogen and oxygen atoms in total. The zero-order chi connectivity index (χ0) is 9.84. The van der Waals surface area contributed by atoms with Crippen LogP contribution in [-0.2, 0) is 0 Å². The molecule has 0 spiro atoms. The van der Waals surface area contributed by atoms with E-state index in [0.717, 1.165) is 0 Å². The molecule has 0 saturated carbocycles. The molecule has 13 heavy (non-hydrogen) atoms. The highest BCUT2D eigenvalue weighted by atomic mass is 32.1. The molecule has 1 rings (SSSR count). The lowest BCUT2D eigenvalue weighted by molar-refractivity contribution is 0.295. The average Bonchev–Trinajstić information content (AvgIpc) is 2.67. The lowest BCUT2D eigenvalue weighted by atomic mass is 10.2. The second kappa shape index (κ2) is 4.13. The summed E-state index contributed by atoms with van der Waals surface area (Å²) in [4.78, 5) is 2.90. The molecule has 0 bridgehead atoms. The largest absolute Gasteiger partial charge is 0.408 e. The topological polar surface area (TPSA) is 61.8 Å². The fourth-order valence-electron chi connectivity index (χ4n) is 0.989. The van der Waals surface area contributed by atoms with Crippen molar-refractivity contribution in [1.29, 1.82) is 0 Å². The number of thiophene rings is 1. The van der Waals surface area contributed by atoms with E-state index in [-0.39, 0.29) is 12.0 Å². The molecule has 1 heterocycles. The maximum atomic E-state index is 8.48. The van der Waals surface area contributed by atoms with Gasteiger partial charge in [-0.3, -0.25) is 0 Å². The molecule has 0 aliphatic rings. The maximum Gasteiger partial charge on any atom is 0.233 e. The number of oxime groups is 1. The summed E-state index contributed by atoms with van der Waals surface area (Å²) < 4.78 is 0. The van der Waals surface area contributed by atoms with Gasteiger partial charge in [0.1, 0.15) is 0 Å². The van der Waals surface area contributed by atoms with Crippen molar-refractivity contribution in [3.8, 4) is 0 Å². The molecule has 0 aliphatic heterocycles. The van der Waals surface area contributed by atoms with Crippen LogP contribution in [0.25, 0.3) is 0 Å². The van der Waals surface area contributed by atoms with Crippen LogP contribution in [0, 0.1) is 0 Å². The number of guanidine groups is 1. The maximum absolute atomic E-state index is 8.48. The van der Waals surface area contributed by atoms with Crippen molar-refractivity contribution in [1.82, 2.24) is 4.90 Å². The van der Waals surface area contributed by atoms with Crippen LogP contribution in [0.15, 0.2) is 22.7 Å². The number of hydrogen-bond donors (Lipinski definition) is 2. The van der Waals surface area contributed by atoms with E-state index in [2.05, 4.69) is 5.16 Å². The Hall–Kier alpha value is -1.23. The highest BCUT2D eigenvalue weighted by Gasteiger charge is 2.14. The van der Waals surface area contributed by atoms with Gasteiger partial charge in [0.2, 0.25) is 5.96 Å². The standard InChI is InChI=1S/C8H13N3OS/c1-6(7-4-3-5-13-7)11(2)8(9)10-12/h3-6,12H,1-2H3,(H2,9,10). The second-order valence-electron chi connectivity index (χ2n) is 2.76. The van der Waals surface area contributed by atoms with E-state index in [1.807, 2.05) is 24.4 Å². The monoisotopic (exact) mass is 199 g/mol. The van der Waals surface area contributed by atoms with Crippen LogP contribution in [0.1, 0.15) is 17.8 Å². The third-order valence-corrected chi connectivity index (χ3v) is 3.04. The first-order chi connectivity index (χ1) is 6.16. The van der Waals surface area contributed by atoms with Crippen LogP contribution in [0.4, 0.5) is 0 Å². The SMILES string of the molecule is CC(c1cccs1)N(C)C(N)=NO. The van der Waals surface area contributed by atoms with Gasteiger partial charge >= 0.3 is 0 Å². The fraction of sp³-hybridized carbons (Fsp3) is 0.375. The third-order valence-electron chi connectivity index (χ3n) is 2.00. The minimum absolute atomic E-state index is 0.126. The van der Waals surface area contributed by atoms with Crippen LogP contribution in [0.2, 0.25) is 0 Å². The van der Waals surface area contributed by atoms with Gasteiger partial charge in [-0.15, -0.1) is 11.3 Å². The summed E-state index contributed by atoms with van der Waals surface area (Å²) in [6, 6.07) is 4.14. The Bertz CT molecular complexity index is 284. The predicted octanol–water partition coefficient (Wildman–Crippen LogP) is 1.44. The van der Waals surface area contributed by atoms with Crippen molar-refractivity contribution >= 4 is 17.3 Å². The molecule has 0 saturated heterocycles. The highest BCUT2D eigenvalue weighted by Crippen LogP contribution is 2.22. The fourth-order valence-corrected chi connectivity index (χ4v) is 1.82. The summed E-state index contributed by atoms with van der Waals surface area (Å²) in [7, 11) is 1.79. The van der Waals surface area contributed by atoms with E-state index in [4.69, 9.17) is 10.9 Å². The molecule has 3 N–H and O–H groups in total. The summed E-state index contributed by atoms with van der Waals surface area (Å²) >= 11 is 1.65. The number of rotatable bonds is 2. The second-order valence-corrected chi connectivity index (χ2v) is 3.74. The van der Waals surface area contributed by atoms with Gasteiger partial charge in [-0.1, -0.05) is 11.2 Å². The number of hydrogen-bond acceptors (Lipinski definition) is 3. The minimum atomic E-state index is 0.126. The van der Waals surface area contributed by atoms with E-state index >= 15 is 0 Å². The summed E-state index contributed by atoms with van der Waals surface area (Å²) in [6.45, 7) is 2.00. The molecule has 0 amide bonds. The van der Waals surface area contributed by atoms with Gasteiger partial charge in [0, 0.05) is 11.9 Å². The molecule has 72 valence electrons. The quantitative estimate of drug-likeness (QED) is 0.328. The van der Waals surface area contributed by atoms with E-state index < -0.39 is 0 Å². The van der Waals surface area contributed by atoms with Crippen molar-refractivity contribution in [3.05, 3.63) is 22.4 Å². The lowest BCUT2D eigenvalue weighted by Gasteiger charge is -2.23. The van der Waals surface area contributed by atoms with Gasteiger partial charge in [0.15, 0.2) is 0 Å².